The SMILES string of the molecule is CCn1c(=O)n(CC)n(C(=O)OC)c1=O. The van der Waals surface area contributed by atoms with E-state index in [-0.39, 0.29) is 13.1 Å². The first kappa shape index (κ1) is 11.3. The van der Waals surface area contributed by atoms with Crippen molar-refractivity contribution in [3.05, 3.63) is 21.0 Å². The van der Waals surface area contributed by atoms with Crippen LogP contribution in [0.1, 0.15) is 13.8 Å². The molecule has 0 spiro atoms. The van der Waals surface area contributed by atoms with Crippen molar-refractivity contribution in [3.8, 4) is 0 Å². The van der Waals surface area contributed by atoms with E-state index in [4.69, 9.17) is 0 Å². The third-order valence-electron chi connectivity index (χ3n) is 2.07. The zero-order valence-corrected chi connectivity index (χ0v) is 8.89. The number of hydrogen-bond donors (Lipinski definition) is 0. The highest BCUT2D eigenvalue weighted by molar-refractivity contribution is 5.68. The highest BCUT2D eigenvalue weighted by Crippen LogP contribution is 1.85. The molecule has 0 bridgehead atoms. The van der Waals surface area contributed by atoms with Gasteiger partial charge in [0.25, 0.3) is 0 Å². The van der Waals surface area contributed by atoms with E-state index in [0.717, 1.165) is 16.4 Å². The van der Waals surface area contributed by atoms with Crippen LogP contribution in [0.25, 0.3) is 0 Å². The first-order valence-corrected chi connectivity index (χ1v) is 4.59. The second-order valence-corrected chi connectivity index (χ2v) is 2.81. The minimum Gasteiger partial charge on any atom is -0.451 e. The molecule has 1 rings (SSSR count). The summed E-state index contributed by atoms with van der Waals surface area (Å²) in [5.41, 5.74) is -1.17. The molecule has 0 saturated heterocycles. The van der Waals surface area contributed by atoms with Gasteiger partial charge in [-0.3, -0.25) is 0 Å². The van der Waals surface area contributed by atoms with E-state index in [1.54, 1.807) is 13.8 Å². The van der Waals surface area contributed by atoms with Gasteiger partial charge in [0.15, 0.2) is 0 Å². The van der Waals surface area contributed by atoms with Gasteiger partial charge in [0, 0.05) is 13.1 Å². The van der Waals surface area contributed by atoms with E-state index in [1.165, 1.54) is 0 Å². The molecule has 0 N–H and O–H groups in total. The predicted molar refractivity (Wildman–Crippen MR) is 52.1 cm³/mol. The molecule has 0 saturated carbocycles. The molecule has 0 fully saturated rings. The molecule has 1 aromatic heterocycles. The number of methoxy groups -OCH3 is 1. The van der Waals surface area contributed by atoms with Gasteiger partial charge in [-0.05, 0) is 13.8 Å². The van der Waals surface area contributed by atoms with Gasteiger partial charge in [0.05, 0.1) is 7.11 Å². The number of nitrogens with zero attached hydrogens (tertiary/aromatic N) is 3. The molecule has 7 heteroatoms. The van der Waals surface area contributed by atoms with Crippen molar-refractivity contribution in [2.24, 2.45) is 0 Å². The average molecular weight is 215 g/mol. The molecule has 0 aromatic carbocycles. The molecule has 0 aliphatic carbocycles. The van der Waals surface area contributed by atoms with E-state index < -0.39 is 17.5 Å². The fourth-order valence-electron chi connectivity index (χ4n) is 1.33. The molecular weight excluding hydrogens is 202 g/mol. The lowest BCUT2D eigenvalue weighted by molar-refractivity contribution is 0.162. The molecule has 7 nitrogen and oxygen atoms in total. The number of carbonyl (C=O) groups excluding carboxylic acids is 1. The maximum absolute atomic E-state index is 11.6. The highest BCUT2D eigenvalue weighted by atomic mass is 16.5. The molecule has 0 amide bonds. The third kappa shape index (κ3) is 1.60. The summed E-state index contributed by atoms with van der Waals surface area (Å²) in [4.78, 5) is 34.5. The van der Waals surface area contributed by atoms with E-state index >= 15 is 0 Å². The van der Waals surface area contributed by atoms with E-state index in [9.17, 15) is 14.4 Å². The number of hydrogen-bond acceptors (Lipinski definition) is 4. The summed E-state index contributed by atoms with van der Waals surface area (Å²) in [6.07, 6.45) is -0.855. The number of ether oxygens (including phenoxy) is 1. The fourth-order valence-corrected chi connectivity index (χ4v) is 1.33. The molecular formula is C8H13N3O4. The summed E-state index contributed by atoms with van der Waals surface area (Å²) >= 11 is 0. The summed E-state index contributed by atoms with van der Waals surface area (Å²) in [5.74, 6) is 0. The van der Waals surface area contributed by atoms with Crippen LogP contribution < -0.4 is 11.4 Å². The van der Waals surface area contributed by atoms with E-state index in [2.05, 4.69) is 4.74 Å². The van der Waals surface area contributed by atoms with Crippen LogP contribution >= 0.6 is 0 Å². The Balaban J connectivity index is 3.57. The Hall–Kier alpha value is -1.79. The van der Waals surface area contributed by atoms with Crippen LogP contribution in [-0.4, -0.2) is 27.1 Å². The van der Waals surface area contributed by atoms with Gasteiger partial charge in [0.1, 0.15) is 0 Å². The lowest BCUT2D eigenvalue weighted by Crippen LogP contribution is -2.32. The molecule has 0 radical (unpaired) electrons. The van der Waals surface area contributed by atoms with Gasteiger partial charge in [0.2, 0.25) is 0 Å². The van der Waals surface area contributed by atoms with Crippen molar-refractivity contribution in [1.82, 2.24) is 13.9 Å². The van der Waals surface area contributed by atoms with Crippen LogP contribution in [0.5, 0.6) is 0 Å². The third-order valence-corrected chi connectivity index (χ3v) is 2.07. The summed E-state index contributed by atoms with van der Waals surface area (Å²) in [6, 6.07) is 0. The molecule has 0 unspecified atom stereocenters. The Morgan fingerprint density at radius 2 is 1.80 bits per heavy atom. The normalized spacial score (nSPS) is 10.3. The zero-order valence-electron chi connectivity index (χ0n) is 8.89. The van der Waals surface area contributed by atoms with Gasteiger partial charge in [-0.1, -0.05) is 0 Å². The molecule has 1 aromatic rings. The summed E-state index contributed by atoms with van der Waals surface area (Å²) < 4.78 is 7.14. The Morgan fingerprint density at radius 1 is 1.20 bits per heavy atom. The first-order valence-electron chi connectivity index (χ1n) is 4.59. The molecule has 0 aliphatic rings. The number of carbonyl (C=O) groups is 1. The van der Waals surface area contributed by atoms with Crippen molar-refractivity contribution in [1.29, 1.82) is 0 Å². The van der Waals surface area contributed by atoms with Gasteiger partial charge in [-0.2, -0.15) is 0 Å². The van der Waals surface area contributed by atoms with Gasteiger partial charge in [-0.15, -0.1) is 4.68 Å². The smallest absolute Gasteiger partial charge is 0.437 e. The van der Waals surface area contributed by atoms with E-state index in [0.29, 0.717) is 4.68 Å². The Kier molecular flexibility index (Phi) is 3.13. The van der Waals surface area contributed by atoms with Crippen LogP contribution in [-0.2, 0) is 17.8 Å². The van der Waals surface area contributed by atoms with E-state index in [1.807, 2.05) is 0 Å². The van der Waals surface area contributed by atoms with Crippen LogP contribution in [0, 0.1) is 0 Å². The first-order chi connectivity index (χ1) is 7.08. The summed E-state index contributed by atoms with van der Waals surface area (Å²) in [6.45, 7) is 3.78. The molecule has 84 valence electrons. The molecule has 0 aliphatic heterocycles. The van der Waals surface area contributed by atoms with Crippen molar-refractivity contribution >= 4 is 6.09 Å². The Morgan fingerprint density at radius 3 is 2.20 bits per heavy atom. The fraction of sp³-hybridized carbons (Fsp3) is 0.625. The monoisotopic (exact) mass is 215 g/mol. The number of rotatable bonds is 2. The number of aromatic nitrogens is 3. The lowest BCUT2D eigenvalue weighted by atomic mass is 10.7. The standard InChI is InChI=1S/C8H13N3O4/c1-4-9-6(12)10(5-2)11(7(9)13)8(14)15-3/h4-5H2,1-3H3. The molecule has 0 atom stereocenters. The topological polar surface area (TPSA) is 75.2 Å². The van der Waals surface area contributed by atoms with Crippen molar-refractivity contribution in [2.75, 3.05) is 7.11 Å². The van der Waals surface area contributed by atoms with Gasteiger partial charge >= 0.3 is 17.5 Å². The minimum atomic E-state index is -0.855. The Labute approximate surface area is 85.5 Å². The maximum Gasteiger partial charge on any atom is 0.437 e. The quantitative estimate of drug-likeness (QED) is 0.664. The van der Waals surface area contributed by atoms with Crippen molar-refractivity contribution < 1.29 is 9.53 Å². The maximum atomic E-state index is 11.6. The van der Waals surface area contributed by atoms with Crippen LogP contribution in [0.2, 0.25) is 0 Å². The van der Waals surface area contributed by atoms with Gasteiger partial charge in [-0.25, -0.2) is 23.6 Å². The second kappa shape index (κ2) is 4.16. The van der Waals surface area contributed by atoms with Crippen molar-refractivity contribution in [2.45, 2.75) is 26.9 Å². The average Bonchev–Trinajstić information content (AvgIpc) is 2.48. The summed E-state index contributed by atoms with van der Waals surface area (Å²) in [5, 5.41) is 0. The second-order valence-electron chi connectivity index (χ2n) is 2.81. The van der Waals surface area contributed by atoms with Crippen LogP contribution in [0.4, 0.5) is 4.79 Å². The molecule has 15 heavy (non-hydrogen) atoms. The van der Waals surface area contributed by atoms with Crippen molar-refractivity contribution in [3.63, 3.8) is 0 Å². The van der Waals surface area contributed by atoms with Crippen LogP contribution in [0.15, 0.2) is 9.59 Å². The van der Waals surface area contributed by atoms with Gasteiger partial charge < -0.3 is 4.74 Å². The lowest BCUT2D eigenvalue weighted by Gasteiger charge is -2.02. The minimum absolute atomic E-state index is 0.224. The molecule has 1 heterocycles. The Bertz CT molecular complexity index is 479. The summed E-state index contributed by atoms with van der Waals surface area (Å²) in [7, 11) is 1.16. The predicted octanol–water partition coefficient (Wildman–Crippen LogP) is -0.534. The zero-order chi connectivity index (χ0) is 11.6. The largest absolute Gasteiger partial charge is 0.451 e. The van der Waals surface area contributed by atoms with Crippen LogP contribution in [0.3, 0.4) is 0 Å². The highest BCUT2D eigenvalue weighted by Gasteiger charge is 2.19.